The van der Waals surface area contributed by atoms with Gasteiger partial charge in [0.25, 0.3) is 0 Å². The number of nitrogen functional groups attached to an aromatic ring is 1. The topological polar surface area (TPSA) is 111 Å². The molecule has 1 fully saturated rings. The molecule has 1 aromatic heterocycles. The Hall–Kier alpha value is -1.66. The Morgan fingerprint density at radius 1 is 1.75 bits per heavy atom. The second-order valence-corrected chi connectivity index (χ2v) is 4.86. The fraction of sp³-hybridized carbons (Fsp3) is 0.455. The predicted octanol–water partition coefficient (Wildman–Crippen LogP) is -1.17. The van der Waals surface area contributed by atoms with Crippen molar-refractivity contribution in [1.82, 2.24) is 9.55 Å². The number of nitrogens with two attached hydrogens (primary N) is 1. The molecule has 4 atom stereocenters. The SMILES string of the molecule is C#C[C@@]1(Cl)C(O)[C@@H](CO)O[C@H]1n1cc(F)c(N)nc1=O. The summed E-state index contributed by atoms with van der Waals surface area (Å²) in [5.74, 6) is 0.557. The van der Waals surface area contributed by atoms with Crippen LogP contribution in [0.1, 0.15) is 6.23 Å². The Morgan fingerprint density at radius 3 is 2.95 bits per heavy atom. The van der Waals surface area contributed by atoms with Crippen molar-refractivity contribution in [1.29, 1.82) is 0 Å². The summed E-state index contributed by atoms with van der Waals surface area (Å²) in [4.78, 5) is 13.1. The summed E-state index contributed by atoms with van der Waals surface area (Å²) >= 11 is 6.08. The van der Waals surface area contributed by atoms with Gasteiger partial charge < -0.3 is 20.7 Å². The molecule has 4 N–H and O–H groups in total. The fourth-order valence-electron chi connectivity index (χ4n) is 1.95. The van der Waals surface area contributed by atoms with Crippen LogP contribution in [-0.2, 0) is 4.74 Å². The van der Waals surface area contributed by atoms with Gasteiger partial charge >= 0.3 is 5.69 Å². The number of aliphatic hydroxyl groups excluding tert-OH is 2. The van der Waals surface area contributed by atoms with Gasteiger partial charge in [-0.3, -0.25) is 4.57 Å². The van der Waals surface area contributed by atoms with E-state index in [1.807, 2.05) is 0 Å². The molecule has 0 saturated carbocycles. The lowest BCUT2D eigenvalue weighted by Crippen LogP contribution is -2.43. The minimum atomic E-state index is -1.85. The predicted molar refractivity (Wildman–Crippen MR) is 67.3 cm³/mol. The number of anilines is 1. The molecule has 0 bridgehead atoms. The molecule has 1 unspecified atom stereocenters. The van der Waals surface area contributed by atoms with E-state index in [1.54, 1.807) is 0 Å². The number of halogens is 2. The lowest BCUT2D eigenvalue weighted by Gasteiger charge is -2.25. The molecule has 20 heavy (non-hydrogen) atoms. The van der Waals surface area contributed by atoms with Crippen LogP contribution in [0.25, 0.3) is 0 Å². The molecule has 0 aromatic carbocycles. The second kappa shape index (κ2) is 5.03. The van der Waals surface area contributed by atoms with Crippen LogP contribution in [0.4, 0.5) is 10.2 Å². The molecule has 1 aliphatic rings. The summed E-state index contributed by atoms with van der Waals surface area (Å²) in [5.41, 5.74) is 4.22. The average molecular weight is 304 g/mol. The lowest BCUT2D eigenvalue weighted by atomic mass is 9.99. The molecule has 1 aliphatic heterocycles. The summed E-state index contributed by atoms with van der Waals surface area (Å²) < 4.78 is 19.4. The van der Waals surface area contributed by atoms with Crippen molar-refractivity contribution >= 4 is 17.4 Å². The molecule has 9 heteroatoms. The first-order chi connectivity index (χ1) is 9.35. The van der Waals surface area contributed by atoms with Crippen LogP contribution in [0, 0.1) is 18.2 Å². The molecular weight excluding hydrogens is 293 g/mol. The molecule has 2 rings (SSSR count). The van der Waals surface area contributed by atoms with E-state index in [0.29, 0.717) is 4.57 Å². The number of alkyl halides is 1. The summed E-state index contributed by atoms with van der Waals surface area (Å²) in [7, 11) is 0. The number of hydrogen-bond acceptors (Lipinski definition) is 6. The number of rotatable bonds is 2. The van der Waals surface area contributed by atoms with E-state index < -0.39 is 47.2 Å². The number of ether oxygens (including phenoxy) is 1. The number of nitrogens with zero attached hydrogens (tertiary/aromatic N) is 2. The minimum absolute atomic E-state index is 0.576. The minimum Gasteiger partial charge on any atom is -0.394 e. The van der Waals surface area contributed by atoms with Crippen molar-refractivity contribution in [3.05, 3.63) is 22.5 Å². The number of hydrogen-bond donors (Lipinski definition) is 3. The maximum absolute atomic E-state index is 13.4. The maximum atomic E-state index is 13.4. The maximum Gasteiger partial charge on any atom is 0.351 e. The Balaban J connectivity index is 2.55. The van der Waals surface area contributed by atoms with Gasteiger partial charge in [-0.05, 0) is 0 Å². The Labute approximate surface area is 117 Å². The van der Waals surface area contributed by atoms with Crippen LogP contribution >= 0.6 is 11.6 Å². The Morgan fingerprint density at radius 2 is 2.40 bits per heavy atom. The standard InChI is InChI=1S/C11H11ClFN3O4/c1-2-11(12)7(18)6(4-17)20-9(11)16-3-5(13)8(14)15-10(16)19/h1,3,6-7,9,17-18H,4H2,(H2,14,15,19)/t6-,7?,9-,11-/m1/s1. The quantitative estimate of drug-likeness (QED) is 0.469. The van der Waals surface area contributed by atoms with Crippen molar-refractivity contribution in [3.63, 3.8) is 0 Å². The molecule has 0 amide bonds. The lowest BCUT2D eigenvalue weighted by molar-refractivity contribution is -0.0466. The van der Waals surface area contributed by atoms with Crippen LogP contribution in [0.5, 0.6) is 0 Å². The van der Waals surface area contributed by atoms with Crippen LogP contribution in [0.3, 0.4) is 0 Å². The Kier molecular flexibility index (Phi) is 3.71. The highest BCUT2D eigenvalue weighted by atomic mass is 35.5. The van der Waals surface area contributed by atoms with E-state index in [2.05, 4.69) is 10.9 Å². The molecule has 2 heterocycles. The average Bonchev–Trinajstić information content (AvgIpc) is 2.67. The van der Waals surface area contributed by atoms with Crippen LogP contribution in [-0.4, -0.2) is 43.5 Å². The molecule has 0 radical (unpaired) electrons. The van der Waals surface area contributed by atoms with Crippen LogP contribution < -0.4 is 11.4 Å². The van der Waals surface area contributed by atoms with E-state index in [4.69, 9.17) is 33.6 Å². The number of aromatic nitrogens is 2. The zero-order chi connectivity index (χ0) is 15.1. The molecule has 0 spiro atoms. The zero-order valence-electron chi connectivity index (χ0n) is 10.0. The molecule has 1 aromatic rings. The van der Waals surface area contributed by atoms with Gasteiger partial charge in [-0.25, -0.2) is 9.18 Å². The van der Waals surface area contributed by atoms with Crippen molar-refractivity contribution in [3.8, 4) is 12.3 Å². The number of aliphatic hydroxyl groups is 2. The zero-order valence-corrected chi connectivity index (χ0v) is 10.8. The first-order valence-electron chi connectivity index (χ1n) is 5.50. The molecule has 0 aliphatic carbocycles. The summed E-state index contributed by atoms with van der Waals surface area (Å²) in [6, 6.07) is 0. The Bertz CT molecular complexity index is 631. The van der Waals surface area contributed by atoms with Gasteiger partial charge in [0, 0.05) is 0 Å². The normalized spacial score (nSPS) is 33.0. The number of terminal acetylenes is 1. The highest BCUT2D eigenvalue weighted by Gasteiger charge is 2.55. The summed E-state index contributed by atoms with van der Waals surface area (Å²) in [5, 5.41) is 19.0. The van der Waals surface area contributed by atoms with E-state index in [0.717, 1.165) is 6.20 Å². The largest absolute Gasteiger partial charge is 0.394 e. The first-order valence-corrected chi connectivity index (χ1v) is 5.88. The highest BCUT2D eigenvalue weighted by Crippen LogP contribution is 2.42. The van der Waals surface area contributed by atoms with E-state index in [-0.39, 0.29) is 0 Å². The third kappa shape index (κ3) is 2.05. The third-order valence-electron chi connectivity index (χ3n) is 3.03. The highest BCUT2D eigenvalue weighted by molar-refractivity contribution is 6.27. The molecule has 108 valence electrons. The molecule has 1 saturated heterocycles. The first kappa shape index (κ1) is 14.7. The van der Waals surface area contributed by atoms with E-state index >= 15 is 0 Å². The van der Waals surface area contributed by atoms with Gasteiger partial charge in [0.15, 0.2) is 22.7 Å². The van der Waals surface area contributed by atoms with Gasteiger partial charge in [-0.1, -0.05) is 17.5 Å². The molecular formula is C11H11ClFN3O4. The monoisotopic (exact) mass is 303 g/mol. The van der Waals surface area contributed by atoms with Gasteiger partial charge in [0.1, 0.15) is 12.2 Å². The van der Waals surface area contributed by atoms with Crippen molar-refractivity contribution < 1.29 is 19.3 Å². The summed E-state index contributed by atoms with van der Waals surface area (Å²) in [6.07, 6.45) is 2.05. The van der Waals surface area contributed by atoms with Crippen LogP contribution in [0.15, 0.2) is 11.0 Å². The third-order valence-corrected chi connectivity index (χ3v) is 3.55. The van der Waals surface area contributed by atoms with Crippen LogP contribution in [0.2, 0.25) is 0 Å². The summed E-state index contributed by atoms with van der Waals surface area (Å²) in [6.45, 7) is -0.576. The van der Waals surface area contributed by atoms with Gasteiger partial charge in [0.05, 0.1) is 12.8 Å². The fourth-order valence-corrected chi connectivity index (χ4v) is 2.25. The van der Waals surface area contributed by atoms with Crippen molar-refractivity contribution in [2.45, 2.75) is 23.3 Å². The van der Waals surface area contributed by atoms with Crippen molar-refractivity contribution in [2.24, 2.45) is 0 Å². The van der Waals surface area contributed by atoms with E-state index in [9.17, 15) is 14.3 Å². The molecule has 7 nitrogen and oxygen atoms in total. The van der Waals surface area contributed by atoms with Gasteiger partial charge in [-0.2, -0.15) is 4.98 Å². The second-order valence-electron chi connectivity index (χ2n) is 4.23. The smallest absolute Gasteiger partial charge is 0.351 e. The van der Waals surface area contributed by atoms with Crippen molar-refractivity contribution in [2.75, 3.05) is 12.3 Å². The van der Waals surface area contributed by atoms with Gasteiger partial charge in [0.2, 0.25) is 0 Å². The van der Waals surface area contributed by atoms with Gasteiger partial charge in [-0.15, -0.1) is 6.42 Å². The van der Waals surface area contributed by atoms with E-state index in [1.165, 1.54) is 0 Å².